The van der Waals surface area contributed by atoms with Gasteiger partial charge in [0.05, 0.1) is 16.8 Å². The van der Waals surface area contributed by atoms with Crippen molar-refractivity contribution in [1.82, 2.24) is 10.3 Å². The molecule has 2 rings (SSSR count). The Morgan fingerprint density at radius 2 is 2.31 bits per heavy atom. The third kappa shape index (κ3) is 3.54. The van der Waals surface area contributed by atoms with Crippen LogP contribution in [0.1, 0.15) is 30.5 Å². The van der Waals surface area contributed by atoms with Crippen LogP contribution in [0.5, 0.6) is 0 Å². The molecule has 1 atom stereocenters. The number of hydrogen-bond donors (Lipinski definition) is 2. The highest BCUT2D eigenvalue weighted by atomic mass is 32.1. The second kappa shape index (κ2) is 5.75. The molecule has 1 aromatic rings. The first-order chi connectivity index (χ1) is 7.74. The number of piperidine rings is 1. The van der Waals surface area contributed by atoms with Crippen molar-refractivity contribution in [3.05, 3.63) is 16.1 Å². The fourth-order valence-corrected chi connectivity index (χ4v) is 3.09. The number of rotatable bonds is 4. The highest BCUT2D eigenvalue weighted by Crippen LogP contribution is 2.21. The third-order valence-corrected chi connectivity index (χ3v) is 3.95. The molecule has 4 heteroatoms. The summed E-state index contributed by atoms with van der Waals surface area (Å²) < 4.78 is 0. The minimum Gasteiger partial charge on any atom is -0.393 e. The molecule has 1 unspecified atom stereocenters. The topological polar surface area (TPSA) is 45.1 Å². The van der Waals surface area contributed by atoms with Crippen molar-refractivity contribution in [2.24, 2.45) is 5.92 Å². The van der Waals surface area contributed by atoms with E-state index in [1.54, 1.807) is 11.3 Å². The zero-order valence-corrected chi connectivity index (χ0v) is 10.6. The van der Waals surface area contributed by atoms with E-state index in [1.165, 1.54) is 17.8 Å². The van der Waals surface area contributed by atoms with Gasteiger partial charge in [-0.25, -0.2) is 4.98 Å². The molecule has 0 spiro atoms. The Labute approximate surface area is 101 Å². The van der Waals surface area contributed by atoms with Crippen LogP contribution in [0.25, 0.3) is 0 Å². The van der Waals surface area contributed by atoms with E-state index < -0.39 is 0 Å². The van der Waals surface area contributed by atoms with Crippen LogP contribution in [0.15, 0.2) is 5.38 Å². The predicted molar refractivity (Wildman–Crippen MR) is 66.8 cm³/mol. The van der Waals surface area contributed by atoms with Gasteiger partial charge in [0.15, 0.2) is 0 Å². The molecule has 1 saturated heterocycles. The fourth-order valence-electron chi connectivity index (χ4n) is 2.17. The summed E-state index contributed by atoms with van der Waals surface area (Å²) in [5.41, 5.74) is 1.05. The third-order valence-electron chi connectivity index (χ3n) is 3.03. The van der Waals surface area contributed by atoms with Gasteiger partial charge in [0.25, 0.3) is 0 Å². The van der Waals surface area contributed by atoms with Gasteiger partial charge >= 0.3 is 0 Å². The lowest BCUT2D eigenvalue weighted by molar-refractivity contribution is 0.194. The van der Waals surface area contributed by atoms with Crippen LogP contribution in [0.3, 0.4) is 0 Å². The molecule has 1 aliphatic heterocycles. The van der Waals surface area contributed by atoms with Crippen LogP contribution in [0.2, 0.25) is 0 Å². The van der Waals surface area contributed by atoms with E-state index >= 15 is 0 Å². The highest BCUT2D eigenvalue weighted by Gasteiger charge is 2.15. The van der Waals surface area contributed by atoms with Gasteiger partial charge in [-0.15, -0.1) is 11.3 Å². The molecule has 0 amide bonds. The number of thiazole rings is 1. The second-order valence-electron chi connectivity index (χ2n) is 4.68. The molecule has 0 radical (unpaired) electrons. The molecule has 1 aromatic heterocycles. The lowest BCUT2D eigenvalue weighted by atomic mass is 9.95. The second-order valence-corrected chi connectivity index (χ2v) is 5.63. The number of hydrogen-bond acceptors (Lipinski definition) is 4. The first-order valence-corrected chi connectivity index (χ1v) is 6.94. The first-order valence-electron chi connectivity index (χ1n) is 6.06. The minimum atomic E-state index is -0.283. The molecule has 1 fully saturated rings. The molecule has 0 saturated carbocycles. The summed E-state index contributed by atoms with van der Waals surface area (Å²) in [7, 11) is 0. The summed E-state index contributed by atoms with van der Waals surface area (Å²) in [4.78, 5) is 4.58. The first kappa shape index (κ1) is 12.0. The molecule has 2 N–H and O–H groups in total. The molecule has 0 aliphatic carbocycles. The lowest BCUT2D eigenvalue weighted by Gasteiger charge is -2.21. The number of aliphatic hydroxyl groups excluding tert-OH is 1. The van der Waals surface area contributed by atoms with Crippen LogP contribution in [-0.2, 0) is 12.8 Å². The smallest absolute Gasteiger partial charge is 0.0931 e. The number of aromatic nitrogens is 1. The maximum absolute atomic E-state index is 9.29. The van der Waals surface area contributed by atoms with Gasteiger partial charge in [-0.1, -0.05) is 0 Å². The Bertz CT molecular complexity index is 319. The standard InChI is InChI=1S/C12H20N2OS/c1-9(15)6-11-8-16-12(14-11)7-10-2-4-13-5-3-10/h8-10,13,15H,2-7H2,1H3. The normalized spacial score (nSPS) is 19.9. The van der Waals surface area contributed by atoms with Crippen molar-refractivity contribution in [1.29, 1.82) is 0 Å². The Hall–Kier alpha value is -0.450. The van der Waals surface area contributed by atoms with E-state index in [4.69, 9.17) is 0 Å². The summed E-state index contributed by atoms with van der Waals surface area (Å²) in [6.45, 7) is 4.11. The van der Waals surface area contributed by atoms with Gasteiger partial charge < -0.3 is 10.4 Å². The highest BCUT2D eigenvalue weighted by molar-refractivity contribution is 7.09. The average molecular weight is 240 g/mol. The van der Waals surface area contributed by atoms with Gasteiger partial charge in [-0.05, 0) is 38.8 Å². The van der Waals surface area contributed by atoms with Crippen molar-refractivity contribution in [3.63, 3.8) is 0 Å². The quantitative estimate of drug-likeness (QED) is 0.840. The molecular weight excluding hydrogens is 220 g/mol. The largest absolute Gasteiger partial charge is 0.393 e. The summed E-state index contributed by atoms with van der Waals surface area (Å²) in [6, 6.07) is 0. The fraction of sp³-hybridized carbons (Fsp3) is 0.750. The Kier molecular flexibility index (Phi) is 4.32. The zero-order valence-electron chi connectivity index (χ0n) is 9.78. The number of nitrogens with zero attached hydrogens (tertiary/aromatic N) is 1. The van der Waals surface area contributed by atoms with Crippen LogP contribution in [0, 0.1) is 5.92 Å². The Morgan fingerprint density at radius 3 is 3.00 bits per heavy atom. The maximum atomic E-state index is 9.29. The monoisotopic (exact) mass is 240 g/mol. The van der Waals surface area contributed by atoms with Gasteiger partial charge in [0.1, 0.15) is 0 Å². The molecule has 16 heavy (non-hydrogen) atoms. The van der Waals surface area contributed by atoms with E-state index in [0.29, 0.717) is 6.42 Å². The molecule has 0 aromatic carbocycles. The average Bonchev–Trinajstić information content (AvgIpc) is 2.66. The summed E-state index contributed by atoms with van der Waals surface area (Å²) in [6.07, 6.45) is 4.06. The van der Waals surface area contributed by atoms with Crippen molar-refractivity contribution in [2.45, 2.75) is 38.7 Å². The van der Waals surface area contributed by atoms with E-state index in [-0.39, 0.29) is 6.10 Å². The summed E-state index contributed by atoms with van der Waals surface area (Å²) in [5.74, 6) is 0.798. The molecule has 3 nitrogen and oxygen atoms in total. The minimum absolute atomic E-state index is 0.283. The van der Waals surface area contributed by atoms with E-state index in [9.17, 15) is 5.11 Å². The zero-order chi connectivity index (χ0) is 11.4. The van der Waals surface area contributed by atoms with Gasteiger partial charge in [-0.2, -0.15) is 0 Å². The molecule has 2 heterocycles. The summed E-state index contributed by atoms with van der Waals surface area (Å²) >= 11 is 1.74. The number of aliphatic hydroxyl groups is 1. The molecule has 90 valence electrons. The molecule has 0 bridgehead atoms. The Balaban J connectivity index is 1.86. The Morgan fingerprint density at radius 1 is 1.56 bits per heavy atom. The van der Waals surface area contributed by atoms with Crippen LogP contribution in [-0.4, -0.2) is 29.3 Å². The van der Waals surface area contributed by atoms with Crippen molar-refractivity contribution < 1.29 is 5.11 Å². The van der Waals surface area contributed by atoms with Crippen molar-refractivity contribution >= 4 is 11.3 Å². The van der Waals surface area contributed by atoms with Gasteiger partial charge in [0.2, 0.25) is 0 Å². The van der Waals surface area contributed by atoms with Crippen LogP contribution < -0.4 is 5.32 Å². The molecular formula is C12H20N2OS. The van der Waals surface area contributed by atoms with E-state index in [1.807, 2.05) is 6.92 Å². The van der Waals surface area contributed by atoms with E-state index in [2.05, 4.69) is 15.7 Å². The van der Waals surface area contributed by atoms with Crippen molar-refractivity contribution in [3.8, 4) is 0 Å². The predicted octanol–water partition coefficient (Wildman–Crippen LogP) is 1.61. The SMILES string of the molecule is CC(O)Cc1csc(CC2CCNCC2)n1. The summed E-state index contributed by atoms with van der Waals surface area (Å²) in [5, 5.41) is 16.0. The van der Waals surface area contributed by atoms with Gasteiger partial charge in [-0.3, -0.25) is 0 Å². The van der Waals surface area contributed by atoms with Gasteiger partial charge in [0, 0.05) is 18.2 Å². The number of nitrogens with one attached hydrogen (secondary N) is 1. The van der Waals surface area contributed by atoms with Crippen LogP contribution >= 0.6 is 11.3 Å². The van der Waals surface area contributed by atoms with Crippen molar-refractivity contribution in [2.75, 3.05) is 13.1 Å². The van der Waals surface area contributed by atoms with E-state index in [0.717, 1.165) is 31.1 Å². The molecule has 1 aliphatic rings. The van der Waals surface area contributed by atoms with Crippen LogP contribution in [0.4, 0.5) is 0 Å². The maximum Gasteiger partial charge on any atom is 0.0931 e. The lowest BCUT2D eigenvalue weighted by Crippen LogP contribution is -2.28.